The number of rotatable bonds is 4. The van der Waals surface area contributed by atoms with Gasteiger partial charge in [0.25, 0.3) is 0 Å². The Balaban J connectivity index is 2.06. The average molecular weight is 263 g/mol. The third-order valence-electron chi connectivity index (χ3n) is 3.18. The van der Waals surface area contributed by atoms with Crippen LogP contribution in [0.15, 0.2) is 18.2 Å². The standard InChI is InChI=1S/C13H13NO5/c1-6-4-7(12(16)17)2-3-10(6)14-11(15)8-5-9(8)13(18)19/h2-4,8-9H,5H2,1H3,(H,14,15)(H,16,17)(H,18,19)/t8-,9+/m1/s1. The third kappa shape index (κ3) is 2.73. The number of aryl methyl sites for hydroxylation is 1. The third-order valence-corrected chi connectivity index (χ3v) is 3.18. The van der Waals surface area contributed by atoms with Crippen LogP contribution in [0.2, 0.25) is 0 Å². The van der Waals surface area contributed by atoms with E-state index in [-0.39, 0.29) is 11.5 Å². The first-order chi connectivity index (χ1) is 8.90. The number of benzene rings is 1. The number of nitrogens with one attached hydrogen (secondary N) is 1. The zero-order chi connectivity index (χ0) is 14.2. The molecule has 0 radical (unpaired) electrons. The Morgan fingerprint density at radius 3 is 2.37 bits per heavy atom. The summed E-state index contributed by atoms with van der Waals surface area (Å²) >= 11 is 0. The molecule has 0 aliphatic heterocycles. The molecule has 1 amide bonds. The van der Waals surface area contributed by atoms with Crippen LogP contribution in [0.25, 0.3) is 0 Å². The van der Waals surface area contributed by atoms with E-state index in [0.29, 0.717) is 17.7 Å². The van der Waals surface area contributed by atoms with E-state index in [9.17, 15) is 14.4 Å². The van der Waals surface area contributed by atoms with Gasteiger partial charge in [-0.05, 0) is 37.1 Å². The predicted octanol–water partition coefficient (Wildman–Crippen LogP) is 1.35. The first-order valence-corrected chi connectivity index (χ1v) is 5.77. The second-order valence-corrected chi connectivity index (χ2v) is 4.61. The molecule has 1 saturated carbocycles. The molecule has 2 atom stereocenters. The van der Waals surface area contributed by atoms with Crippen molar-refractivity contribution >= 4 is 23.5 Å². The number of anilines is 1. The number of carbonyl (C=O) groups excluding carboxylic acids is 1. The number of aliphatic carboxylic acids is 1. The minimum Gasteiger partial charge on any atom is -0.481 e. The normalized spacial score (nSPS) is 20.7. The second-order valence-electron chi connectivity index (χ2n) is 4.61. The summed E-state index contributed by atoms with van der Waals surface area (Å²) in [6.07, 6.45) is 0.355. The van der Waals surface area contributed by atoms with Crippen molar-refractivity contribution in [1.82, 2.24) is 0 Å². The molecule has 0 aromatic heterocycles. The van der Waals surface area contributed by atoms with Crippen LogP contribution in [0, 0.1) is 18.8 Å². The summed E-state index contributed by atoms with van der Waals surface area (Å²) in [6, 6.07) is 4.36. The van der Waals surface area contributed by atoms with Crippen molar-refractivity contribution in [3.63, 3.8) is 0 Å². The molecule has 3 N–H and O–H groups in total. The number of aromatic carboxylic acids is 1. The second kappa shape index (κ2) is 4.72. The lowest BCUT2D eigenvalue weighted by Gasteiger charge is -2.08. The highest BCUT2D eigenvalue weighted by Crippen LogP contribution is 2.39. The first-order valence-electron chi connectivity index (χ1n) is 5.77. The largest absolute Gasteiger partial charge is 0.481 e. The van der Waals surface area contributed by atoms with Gasteiger partial charge < -0.3 is 15.5 Å². The van der Waals surface area contributed by atoms with Gasteiger partial charge in [0.2, 0.25) is 5.91 Å². The lowest BCUT2D eigenvalue weighted by molar-refractivity contribution is -0.139. The lowest BCUT2D eigenvalue weighted by Crippen LogP contribution is -2.17. The summed E-state index contributed by atoms with van der Waals surface area (Å²) in [6.45, 7) is 1.68. The van der Waals surface area contributed by atoms with Crippen molar-refractivity contribution < 1.29 is 24.6 Å². The molecule has 1 aliphatic carbocycles. The van der Waals surface area contributed by atoms with Gasteiger partial charge in [-0.2, -0.15) is 0 Å². The summed E-state index contributed by atoms with van der Waals surface area (Å²) < 4.78 is 0. The summed E-state index contributed by atoms with van der Waals surface area (Å²) in [5, 5.41) is 20.2. The minimum absolute atomic E-state index is 0.144. The molecule has 6 heteroatoms. The maximum atomic E-state index is 11.8. The molecule has 1 aliphatic rings. The van der Waals surface area contributed by atoms with Crippen LogP contribution in [0.5, 0.6) is 0 Å². The molecule has 100 valence electrons. The van der Waals surface area contributed by atoms with Crippen molar-refractivity contribution in [2.75, 3.05) is 5.32 Å². The highest BCUT2D eigenvalue weighted by molar-refractivity contribution is 5.99. The Morgan fingerprint density at radius 2 is 1.89 bits per heavy atom. The summed E-state index contributed by atoms with van der Waals surface area (Å²) in [5.74, 6) is -3.42. The molecular formula is C13H13NO5. The number of hydrogen-bond acceptors (Lipinski definition) is 3. The molecule has 1 fully saturated rings. The Labute approximate surface area is 109 Å². The smallest absolute Gasteiger partial charge is 0.335 e. The molecule has 1 aromatic rings. The quantitative estimate of drug-likeness (QED) is 0.760. The fourth-order valence-electron chi connectivity index (χ4n) is 1.92. The lowest BCUT2D eigenvalue weighted by atomic mass is 10.1. The minimum atomic E-state index is -1.03. The Kier molecular flexibility index (Phi) is 3.25. The van der Waals surface area contributed by atoms with Crippen molar-refractivity contribution in [3.05, 3.63) is 29.3 Å². The van der Waals surface area contributed by atoms with Gasteiger partial charge in [-0.15, -0.1) is 0 Å². The van der Waals surface area contributed by atoms with E-state index < -0.39 is 23.8 Å². The van der Waals surface area contributed by atoms with Gasteiger partial charge >= 0.3 is 11.9 Å². The Bertz CT molecular complexity index is 566. The van der Waals surface area contributed by atoms with E-state index in [1.165, 1.54) is 18.2 Å². The van der Waals surface area contributed by atoms with Crippen molar-refractivity contribution in [2.45, 2.75) is 13.3 Å². The summed E-state index contributed by atoms with van der Waals surface area (Å²) in [7, 11) is 0. The van der Waals surface area contributed by atoms with E-state index >= 15 is 0 Å². The SMILES string of the molecule is Cc1cc(C(=O)O)ccc1NC(=O)[C@@H]1C[C@@H]1C(=O)O. The van der Waals surface area contributed by atoms with Gasteiger partial charge in [-0.3, -0.25) is 9.59 Å². The summed E-state index contributed by atoms with van der Waals surface area (Å²) in [5.41, 5.74) is 1.28. The van der Waals surface area contributed by atoms with Gasteiger partial charge in [0.1, 0.15) is 0 Å². The van der Waals surface area contributed by atoms with Crippen molar-refractivity contribution in [2.24, 2.45) is 11.8 Å². The van der Waals surface area contributed by atoms with Crippen LogP contribution in [0.1, 0.15) is 22.3 Å². The van der Waals surface area contributed by atoms with Gasteiger partial charge in [0.05, 0.1) is 17.4 Å². The van der Waals surface area contributed by atoms with Crippen molar-refractivity contribution in [3.8, 4) is 0 Å². The van der Waals surface area contributed by atoms with E-state index in [4.69, 9.17) is 10.2 Å². The molecule has 19 heavy (non-hydrogen) atoms. The Hall–Kier alpha value is -2.37. The molecule has 0 spiro atoms. The number of amides is 1. The van der Waals surface area contributed by atoms with E-state index in [0.717, 1.165) is 0 Å². The highest BCUT2D eigenvalue weighted by atomic mass is 16.4. The van der Waals surface area contributed by atoms with E-state index in [2.05, 4.69) is 5.32 Å². The van der Waals surface area contributed by atoms with Crippen LogP contribution in [0.4, 0.5) is 5.69 Å². The van der Waals surface area contributed by atoms with Crippen LogP contribution >= 0.6 is 0 Å². The van der Waals surface area contributed by atoms with Crippen LogP contribution in [-0.2, 0) is 9.59 Å². The van der Waals surface area contributed by atoms with E-state index in [1.54, 1.807) is 6.92 Å². The summed E-state index contributed by atoms with van der Waals surface area (Å²) in [4.78, 5) is 33.2. The zero-order valence-electron chi connectivity index (χ0n) is 10.2. The highest BCUT2D eigenvalue weighted by Gasteiger charge is 2.48. The average Bonchev–Trinajstić information content (AvgIpc) is 3.11. The number of carboxylic acids is 2. The van der Waals surface area contributed by atoms with Gasteiger partial charge in [-0.1, -0.05) is 0 Å². The molecule has 6 nitrogen and oxygen atoms in total. The molecule has 0 saturated heterocycles. The zero-order valence-corrected chi connectivity index (χ0v) is 10.2. The van der Waals surface area contributed by atoms with Crippen LogP contribution in [-0.4, -0.2) is 28.1 Å². The number of carbonyl (C=O) groups is 3. The van der Waals surface area contributed by atoms with Crippen LogP contribution in [0.3, 0.4) is 0 Å². The fraction of sp³-hybridized carbons (Fsp3) is 0.308. The van der Waals surface area contributed by atoms with Gasteiger partial charge in [-0.25, -0.2) is 4.79 Å². The maximum Gasteiger partial charge on any atom is 0.335 e. The van der Waals surface area contributed by atoms with Gasteiger partial charge in [0.15, 0.2) is 0 Å². The first kappa shape index (κ1) is 13.1. The molecule has 2 rings (SSSR count). The molecule has 0 heterocycles. The molecule has 0 unspecified atom stereocenters. The monoisotopic (exact) mass is 263 g/mol. The number of hydrogen-bond donors (Lipinski definition) is 3. The van der Waals surface area contributed by atoms with Crippen LogP contribution < -0.4 is 5.32 Å². The van der Waals surface area contributed by atoms with E-state index in [1.807, 2.05) is 0 Å². The maximum absolute atomic E-state index is 11.8. The molecule has 1 aromatic carbocycles. The number of carboxylic acid groups (broad SMARTS) is 2. The molecule has 0 bridgehead atoms. The fourth-order valence-corrected chi connectivity index (χ4v) is 1.92. The predicted molar refractivity (Wildman–Crippen MR) is 66.0 cm³/mol. The molecular weight excluding hydrogens is 250 g/mol. The topological polar surface area (TPSA) is 104 Å². The van der Waals surface area contributed by atoms with Crippen molar-refractivity contribution in [1.29, 1.82) is 0 Å². The Morgan fingerprint density at radius 1 is 1.21 bits per heavy atom. The van der Waals surface area contributed by atoms with Gasteiger partial charge in [0, 0.05) is 5.69 Å².